The monoisotopic (exact) mass is 1120 g/mol. The highest BCUT2D eigenvalue weighted by molar-refractivity contribution is 5.80. The van der Waals surface area contributed by atoms with Gasteiger partial charge in [0.25, 0.3) is 0 Å². The molecule has 4 saturated carbocycles. The highest BCUT2D eigenvalue weighted by atomic mass is 16.8. The maximum atomic E-state index is 15.6. The minimum absolute atomic E-state index is 0.0685. The van der Waals surface area contributed by atoms with Crippen molar-refractivity contribution >= 4 is 17.9 Å². The quantitative estimate of drug-likeness (QED) is 0.0761. The smallest absolute Gasteiger partial charge is 0.335 e. The Bertz CT molecular complexity index is 2450. The number of hydrogen-bond acceptors (Lipinski definition) is 21. The first kappa shape index (κ1) is 60.0. The summed E-state index contributed by atoms with van der Waals surface area (Å²) in [6, 6.07) is 4.55. The Balaban J connectivity index is 0.995. The van der Waals surface area contributed by atoms with Crippen molar-refractivity contribution < 1.29 is 108 Å². The summed E-state index contributed by atoms with van der Waals surface area (Å²) in [4.78, 5) is 41.5. The number of hydrogen-bond donors (Lipinski definition) is 11. The number of carboxylic acids is 1. The zero-order valence-corrected chi connectivity index (χ0v) is 46.4. The number of methoxy groups -OCH3 is 1. The first-order chi connectivity index (χ1) is 37.0. The molecule has 23 unspecified atom stereocenters. The predicted molar refractivity (Wildman–Crippen MR) is 273 cm³/mol. The molecule has 0 spiro atoms. The molecule has 3 aliphatic heterocycles. The van der Waals surface area contributed by atoms with Crippen LogP contribution in [0.4, 0.5) is 0 Å². The van der Waals surface area contributed by atoms with Gasteiger partial charge in [-0.25, -0.2) is 4.79 Å². The van der Waals surface area contributed by atoms with Crippen LogP contribution in [-0.4, -0.2) is 193 Å². The number of carbonyl (C=O) groups excluding carboxylic acids is 2. The summed E-state index contributed by atoms with van der Waals surface area (Å²) in [5.41, 5.74) is -1.97. The largest absolute Gasteiger partial charge is 0.504 e. The van der Waals surface area contributed by atoms with Crippen LogP contribution >= 0.6 is 0 Å². The molecule has 5 aliphatic carbocycles. The predicted octanol–water partition coefficient (Wildman–Crippen LogP) is 1.74. The lowest BCUT2D eigenvalue weighted by Crippen LogP contribution is -2.68. The molecule has 23 atom stereocenters. The average Bonchev–Trinajstić information content (AvgIpc) is 3.41. The molecule has 9 rings (SSSR count). The van der Waals surface area contributed by atoms with Crippen LogP contribution in [0.25, 0.3) is 0 Å². The molecule has 8 aliphatic rings. The van der Waals surface area contributed by atoms with E-state index >= 15 is 4.79 Å². The summed E-state index contributed by atoms with van der Waals surface area (Å²) in [5, 5.41) is 118. The number of phenolic OH excluding ortho intramolecular Hbond substituents is 1. The number of ether oxygens (including phenoxy) is 8. The molecule has 79 heavy (non-hydrogen) atoms. The van der Waals surface area contributed by atoms with Crippen molar-refractivity contribution in [3.8, 4) is 11.5 Å². The molecule has 22 nitrogen and oxygen atoms in total. The first-order valence-corrected chi connectivity index (χ1v) is 28.0. The summed E-state index contributed by atoms with van der Waals surface area (Å²) in [6.45, 7) is 14.0. The fourth-order valence-electron chi connectivity index (χ4n) is 16.3. The van der Waals surface area contributed by atoms with E-state index in [9.17, 15) is 65.8 Å². The van der Waals surface area contributed by atoms with Gasteiger partial charge in [0.1, 0.15) is 60.4 Å². The second-order valence-corrected chi connectivity index (χ2v) is 26.1. The number of benzene rings is 1. The summed E-state index contributed by atoms with van der Waals surface area (Å²) < 4.78 is 47.4. The SMILES string of the molecule is COc1cc(CCC(=O)OC2C(OC(=O)C34CCC(C)(C)CC3C3=CCC5C6(C)CCC(OC7OC(C(=O)O)C(O)C(O)C7O)C(C)(C)C6CCC5(C)C3(C)CC4O)OCC(O)C2OC2OC(CO)C(O)C(O)C2O)ccc1O. The van der Waals surface area contributed by atoms with E-state index in [1.54, 1.807) is 12.1 Å². The highest BCUT2D eigenvalue weighted by Crippen LogP contribution is 2.76. The third-order valence-electron chi connectivity index (χ3n) is 21.0. The molecule has 7 fully saturated rings. The van der Waals surface area contributed by atoms with E-state index in [0.29, 0.717) is 37.7 Å². The number of phenols is 1. The van der Waals surface area contributed by atoms with Crippen LogP contribution in [0.5, 0.6) is 11.5 Å². The number of esters is 2. The van der Waals surface area contributed by atoms with Crippen molar-refractivity contribution in [2.75, 3.05) is 20.3 Å². The Morgan fingerprint density at radius 2 is 1.42 bits per heavy atom. The Morgan fingerprint density at radius 3 is 2.09 bits per heavy atom. The fourth-order valence-corrected chi connectivity index (χ4v) is 16.3. The number of allylic oxidation sites excluding steroid dienone is 2. The van der Waals surface area contributed by atoms with Gasteiger partial charge in [-0.2, -0.15) is 0 Å². The van der Waals surface area contributed by atoms with Crippen molar-refractivity contribution in [1.29, 1.82) is 0 Å². The summed E-state index contributed by atoms with van der Waals surface area (Å²) in [6.07, 6.45) is -18.8. The number of fused-ring (bicyclic) bond motifs is 7. The summed E-state index contributed by atoms with van der Waals surface area (Å²) in [5.74, 6) is -3.44. The van der Waals surface area contributed by atoms with Gasteiger partial charge >= 0.3 is 17.9 Å². The van der Waals surface area contributed by atoms with Crippen LogP contribution in [0, 0.1) is 50.2 Å². The number of aryl methyl sites for hydroxylation is 1. The standard InChI is InChI=1S/C57H84O22/c1-52(2)19-20-57(51(71)79-50-46(76-37(62)14-10-26-9-12-29(59)31(21-26)72-8)44(30(60)25-73-50)77-48-42(67)39(64)38(63)32(24-58)74-48)28(22-52)27-11-13-34-54(5)17-16-36(75-49-43(68)40(65)41(66)45(78-49)47(69)70)53(3,4)33(54)15-18-55(34,6)56(27,7)23-35(57)61/h9,11-12,21,28,30,32-36,38-46,48-50,58-61,63-68H,10,13-20,22-25H2,1-8H3,(H,69,70). The zero-order chi connectivity index (χ0) is 57.7. The fraction of sp³-hybridized carbons (Fsp3) is 0.807. The Labute approximate surface area is 459 Å². The molecule has 0 aromatic heterocycles. The van der Waals surface area contributed by atoms with Crippen molar-refractivity contribution in [3.63, 3.8) is 0 Å². The van der Waals surface area contributed by atoms with Gasteiger partial charge in [-0.1, -0.05) is 66.2 Å². The van der Waals surface area contributed by atoms with Gasteiger partial charge < -0.3 is 94.1 Å². The number of aliphatic hydroxyl groups excluding tert-OH is 9. The van der Waals surface area contributed by atoms with Gasteiger partial charge in [0.15, 0.2) is 36.3 Å². The van der Waals surface area contributed by atoms with Crippen LogP contribution in [0.1, 0.15) is 118 Å². The van der Waals surface area contributed by atoms with Crippen LogP contribution < -0.4 is 4.74 Å². The minimum Gasteiger partial charge on any atom is -0.504 e. The van der Waals surface area contributed by atoms with Gasteiger partial charge in [0.2, 0.25) is 6.29 Å². The summed E-state index contributed by atoms with van der Waals surface area (Å²) >= 11 is 0. The molecule has 1 aromatic rings. The Morgan fingerprint density at radius 1 is 0.734 bits per heavy atom. The lowest BCUT2D eigenvalue weighted by molar-refractivity contribution is -0.347. The molecule has 0 radical (unpaired) electrons. The van der Waals surface area contributed by atoms with Crippen molar-refractivity contribution in [2.24, 2.45) is 50.2 Å². The average molecular weight is 1120 g/mol. The number of rotatable bonds is 13. The highest BCUT2D eigenvalue weighted by Gasteiger charge is 2.72. The molecule has 22 heteroatoms. The zero-order valence-electron chi connectivity index (χ0n) is 46.4. The van der Waals surface area contributed by atoms with Gasteiger partial charge in [-0.3, -0.25) is 9.59 Å². The van der Waals surface area contributed by atoms with Crippen molar-refractivity contribution in [1.82, 2.24) is 0 Å². The van der Waals surface area contributed by atoms with E-state index < -0.39 is 157 Å². The van der Waals surface area contributed by atoms with Crippen LogP contribution in [0.3, 0.4) is 0 Å². The number of aromatic hydroxyl groups is 1. The van der Waals surface area contributed by atoms with E-state index in [0.717, 1.165) is 18.4 Å². The molecule has 0 bridgehead atoms. The van der Waals surface area contributed by atoms with Crippen molar-refractivity contribution in [2.45, 2.75) is 217 Å². The molecular formula is C57H84O22. The number of carboxylic acid groups (broad SMARTS) is 1. The number of aliphatic carboxylic acids is 1. The number of aliphatic hydroxyl groups is 9. The van der Waals surface area contributed by atoms with E-state index in [1.165, 1.54) is 13.2 Å². The van der Waals surface area contributed by atoms with E-state index in [-0.39, 0.29) is 59.8 Å². The molecule has 1 aromatic carbocycles. The van der Waals surface area contributed by atoms with E-state index in [4.69, 9.17) is 37.9 Å². The molecular weight excluding hydrogens is 1040 g/mol. The third kappa shape index (κ3) is 10.1. The lowest BCUT2D eigenvalue weighted by atomic mass is 9.33. The van der Waals surface area contributed by atoms with Gasteiger partial charge in [-0.15, -0.1) is 0 Å². The maximum Gasteiger partial charge on any atom is 0.335 e. The molecule has 0 amide bonds. The molecule has 3 heterocycles. The molecule has 11 N–H and O–H groups in total. The Kier molecular flexibility index (Phi) is 16.6. The van der Waals surface area contributed by atoms with Gasteiger partial charge in [0.05, 0.1) is 32.5 Å². The molecule has 444 valence electrons. The Hall–Kier alpha value is -3.59. The molecule has 3 saturated heterocycles. The van der Waals surface area contributed by atoms with Gasteiger partial charge in [0, 0.05) is 6.42 Å². The van der Waals surface area contributed by atoms with Crippen LogP contribution in [0.15, 0.2) is 29.8 Å². The van der Waals surface area contributed by atoms with E-state index in [1.807, 2.05) is 0 Å². The van der Waals surface area contributed by atoms with Crippen molar-refractivity contribution in [3.05, 3.63) is 35.4 Å². The van der Waals surface area contributed by atoms with E-state index in [2.05, 4.69) is 54.5 Å². The topological polar surface area (TPSA) is 348 Å². The normalized spacial score (nSPS) is 46.2. The second-order valence-electron chi connectivity index (χ2n) is 26.1. The van der Waals surface area contributed by atoms with Crippen LogP contribution in [0.2, 0.25) is 0 Å². The maximum absolute atomic E-state index is 15.6. The lowest BCUT2D eigenvalue weighted by Gasteiger charge is -2.71. The first-order valence-electron chi connectivity index (χ1n) is 28.0. The number of carbonyl (C=O) groups is 3. The second kappa shape index (κ2) is 21.9. The van der Waals surface area contributed by atoms with Crippen LogP contribution in [-0.2, 0) is 54.0 Å². The third-order valence-corrected chi connectivity index (χ3v) is 21.0. The van der Waals surface area contributed by atoms with Gasteiger partial charge in [-0.05, 0) is 127 Å². The summed E-state index contributed by atoms with van der Waals surface area (Å²) in [7, 11) is 1.38. The minimum atomic E-state index is -1.91.